The number of rotatable bonds is 5. The lowest BCUT2D eigenvalue weighted by Crippen LogP contribution is -2.45. The van der Waals surface area contributed by atoms with Crippen LogP contribution >= 0.6 is 0 Å². The molecule has 3 rings (SSSR count). The van der Waals surface area contributed by atoms with Crippen LogP contribution in [0.15, 0.2) is 48.5 Å². The molecule has 0 radical (unpaired) electrons. The molecule has 2 aromatic carbocycles. The zero-order valence-corrected chi connectivity index (χ0v) is 15.0. The number of methoxy groups -OCH3 is 1. The van der Waals surface area contributed by atoms with Crippen molar-refractivity contribution in [2.24, 2.45) is 0 Å². The molecule has 1 fully saturated rings. The Morgan fingerprint density at radius 2 is 2.00 bits per heavy atom. The fraction of sp³-hybridized carbons (Fsp3) is 0.429. The summed E-state index contributed by atoms with van der Waals surface area (Å²) >= 11 is 0. The summed E-state index contributed by atoms with van der Waals surface area (Å²) in [5.74, 6) is 1.49. The van der Waals surface area contributed by atoms with Gasteiger partial charge in [0.2, 0.25) is 0 Å². The van der Waals surface area contributed by atoms with Gasteiger partial charge < -0.3 is 10.1 Å². The highest BCUT2D eigenvalue weighted by atomic mass is 16.5. The lowest BCUT2D eigenvalue weighted by atomic mass is 9.92. The van der Waals surface area contributed by atoms with Crippen molar-refractivity contribution in [1.29, 1.82) is 0 Å². The van der Waals surface area contributed by atoms with Gasteiger partial charge in [0.15, 0.2) is 0 Å². The van der Waals surface area contributed by atoms with Crippen LogP contribution in [0.4, 0.5) is 0 Å². The lowest BCUT2D eigenvalue weighted by Gasteiger charge is -2.35. The number of nitrogens with zero attached hydrogens (tertiary/aromatic N) is 1. The van der Waals surface area contributed by atoms with Crippen molar-refractivity contribution in [3.05, 3.63) is 65.2 Å². The fourth-order valence-corrected chi connectivity index (χ4v) is 3.55. The highest BCUT2D eigenvalue weighted by Crippen LogP contribution is 2.27. The number of hydrogen-bond donors (Lipinski definition) is 1. The van der Waals surface area contributed by atoms with Crippen molar-refractivity contribution >= 4 is 0 Å². The minimum Gasteiger partial charge on any atom is -0.497 e. The highest BCUT2D eigenvalue weighted by molar-refractivity contribution is 5.33. The van der Waals surface area contributed by atoms with Gasteiger partial charge in [0.05, 0.1) is 7.11 Å². The number of hydrogen-bond acceptors (Lipinski definition) is 3. The zero-order chi connectivity index (χ0) is 16.9. The second-order valence-electron chi connectivity index (χ2n) is 6.88. The summed E-state index contributed by atoms with van der Waals surface area (Å²) in [6, 6.07) is 17.7. The van der Waals surface area contributed by atoms with E-state index < -0.39 is 0 Å². The molecule has 1 atom stereocenters. The topological polar surface area (TPSA) is 24.5 Å². The van der Waals surface area contributed by atoms with Crippen molar-refractivity contribution in [3.8, 4) is 5.75 Å². The molecule has 1 saturated heterocycles. The average Bonchev–Trinajstić information content (AvgIpc) is 2.62. The Kier molecular flexibility index (Phi) is 5.54. The molecule has 3 heteroatoms. The Labute approximate surface area is 145 Å². The summed E-state index contributed by atoms with van der Waals surface area (Å²) in [7, 11) is 1.73. The first-order chi connectivity index (χ1) is 11.7. The maximum Gasteiger partial charge on any atom is 0.119 e. The SMILES string of the molecule is COc1cccc(CN2CCN[C@H](c3ccccc3C(C)C)C2)c1. The van der Waals surface area contributed by atoms with Gasteiger partial charge in [-0.05, 0) is 34.7 Å². The van der Waals surface area contributed by atoms with E-state index in [1.165, 1.54) is 16.7 Å². The van der Waals surface area contributed by atoms with Crippen LogP contribution in [0.1, 0.15) is 42.5 Å². The Morgan fingerprint density at radius 3 is 2.79 bits per heavy atom. The number of benzene rings is 2. The molecule has 3 nitrogen and oxygen atoms in total. The third-order valence-electron chi connectivity index (χ3n) is 4.79. The second-order valence-corrected chi connectivity index (χ2v) is 6.88. The van der Waals surface area contributed by atoms with Crippen LogP contribution in [0.2, 0.25) is 0 Å². The summed E-state index contributed by atoms with van der Waals surface area (Å²) in [4.78, 5) is 2.53. The molecule has 0 spiro atoms. The van der Waals surface area contributed by atoms with Crippen LogP contribution in [0, 0.1) is 0 Å². The standard InChI is InChI=1S/C21H28N2O/c1-16(2)19-9-4-5-10-20(19)21-15-23(12-11-22-21)14-17-7-6-8-18(13-17)24-3/h4-10,13,16,21-22H,11-12,14-15H2,1-3H3/t21-/m0/s1. The van der Waals surface area contributed by atoms with Gasteiger partial charge in [-0.2, -0.15) is 0 Å². The predicted octanol–water partition coefficient (Wildman–Crippen LogP) is 3.97. The maximum atomic E-state index is 5.35. The van der Waals surface area contributed by atoms with Crippen molar-refractivity contribution in [2.45, 2.75) is 32.4 Å². The van der Waals surface area contributed by atoms with Gasteiger partial charge in [0.25, 0.3) is 0 Å². The van der Waals surface area contributed by atoms with Crippen LogP contribution in [-0.2, 0) is 6.54 Å². The van der Waals surface area contributed by atoms with Gasteiger partial charge in [0.1, 0.15) is 5.75 Å². The molecule has 0 saturated carbocycles. The van der Waals surface area contributed by atoms with E-state index in [9.17, 15) is 0 Å². The Balaban J connectivity index is 1.73. The first-order valence-electron chi connectivity index (χ1n) is 8.85. The molecule has 0 aromatic heterocycles. The molecule has 0 aliphatic carbocycles. The summed E-state index contributed by atoms with van der Waals surface area (Å²) in [6.07, 6.45) is 0. The third-order valence-corrected chi connectivity index (χ3v) is 4.79. The number of ether oxygens (including phenoxy) is 1. The van der Waals surface area contributed by atoms with Crippen molar-refractivity contribution in [2.75, 3.05) is 26.7 Å². The largest absolute Gasteiger partial charge is 0.497 e. The first-order valence-corrected chi connectivity index (χ1v) is 8.85. The minimum atomic E-state index is 0.406. The van der Waals surface area contributed by atoms with Gasteiger partial charge in [-0.1, -0.05) is 50.2 Å². The molecule has 1 aliphatic rings. The Morgan fingerprint density at radius 1 is 1.17 bits per heavy atom. The molecule has 2 aromatic rings. The Hall–Kier alpha value is -1.84. The molecule has 1 aliphatic heterocycles. The van der Waals surface area contributed by atoms with Crippen LogP contribution in [0.5, 0.6) is 5.75 Å². The fourth-order valence-electron chi connectivity index (χ4n) is 3.55. The van der Waals surface area contributed by atoms with Crippen LogP contribution < -0.4 is 10.1 Å². The van der Waals surface area contributed by atoms with Gasteiger partial charge in [-0.15, -0.1) is 0 Å². The van der Waals surface area contributed by atoms with Crippen LogP contribution in [0.3, 0.4) is 0 Å². The molecule has 128 valence electrons. The van der Waals surface area contributed by atoms with Gasteiger partial charge in [-0.3, -0.25) is 4.90 Å². The summed E-state index contributed by atoms with van der Waals surface area (Å²) < 4.78 is 5.35. The second kappa shape index (κ2) is 7.82. The van der Waals surface area contributed by atoms with E-state index in [1.54, 1.807) is 7.11 Å². The molecular weight excluding hydrogens is 296 g/mol. The molecular formula is C21H28N2O. The van der Waals surface area contributed by atoms with Crippen molar-refractivity contribution in [1.82, 2.24) is 10.2 Å². The zero-order valence-electron chi connectivity index (χ0n) is 15.0. The van der Waals surface area contributed by atoms with Crippen LogP contribution in [-0.4, -0.2) is 31.6 Å². The number of piperazine rings is 1. The van der Waals surface area contributed by atoms with Gasteiger partial charge >= 0.3 is 0 Å². The normalized spacial score (nSPS) is 18.8. The van der Waals surface area contributed by atoms with Gasteiger partial charge in [0, 0.05) is 32.2 Å². The monoisotopic (exact) mass is 324 g/mol. The maximum absolute atomic E-state index is 5.35. The Bertz CT molecular complexity index is 668. The van der Waals surface area contributed by atoms with Crippen molar-refractivity contribution < 1.29 is 4.74 Å². The van der Waals surface area contributed by atoms with E-state index in [0.29, 0.717) is 12.0 Å². The van der Waals surface area contributed by atoms with E-state index in [4.69, 9.17) is 4.74 Å². The van der Waals surface area contributed by atoms with E-state index in [1.807, 2.05) is 6.07 Å². The van der Waals surface area contributed by atoms with Crippen molar-refractivity contribution in [3.63, 3.8) is 0 Å². The minimum absolute atomic E-state index is 0.406. The third kappa shape index (κ3) is 3.97. The summed E-state index contributed by atoms with van der Waals surface area (Å²) in [5, 5.41) is 3.70. The summed E-state index contributed by atoms with van der Waals surface area (Å²) in [6.45, 7) is 8.67. The molecule has 1 N–H and O–H groups in total. The van der Waals surface area contributed by atoms with E-state index >= 15 is 0 Å². The molecule has 0 amide bonds. The van der Waals surface area contributed by atoms with E-state index in [-0.39, 0.29) is 0 Å². The average molecular weight is 324 g/mol. The summed E-state index contributed by atoms with van der Waals surface area (Å²) in [5.41, 5.74) is 4.22. The quantitative estimate of drug-likeness (QED) is 0.901. The predicted molar refractivity (Wildman–Crippen MR) is 99.5 cm³/mol. The highest BCUT2D eigenvalue weighted by Gasteiger charge is 2.23. The number of nitrogens with one attached hydrogen (secondary N) is 1. The molecule has 0 unspecified atom stereocenters. The van der Waals surface area contributed by atoms with Crippen LogP contribution in [0.25, 0.3) is 0 Å². The smallest absolute Gasteiger partial charge is 0.119 e. The molecule has 24 heavy (non-hydrogen) atoms. The first kappa shape index (κ1) is 17.0. The van der Waals surface area contributed by atoms with E-state index in [2.05, 4.69) is 66.5 Å². The molecule has 0 bridgehead atoms. The van der Waals surface area contributed by atoms with E-state index in [0.717, 1.165) is 31.9 Å². The molecule has 1 heterocycles. The van der Waals surface area contributed by atoms with Gasteiger partial charge in [-0.25, -0.2) is 0 Å². The lowest BCUT2D eigenvalue weighted by molar-refractivity contribution is 0.192.